The summed E-state index contributed by atoms with van der Waals surface area (Å²) in [4.78, 5) is 34.1. The van der Waals surface area contributed by atoms with E-state index in [1.54, 1.807) is 31.1 Å². The van der Waals surface area contributed by atoms with E-state index in [0.717, 1.165) is 11.3 Å². The van der Waals surface area contributed by atoms with E-state index in [2.05, 4.69) is 37.2 Å². The highest BCUT2D eigenvalue weighted by molar-refractivity contribution is 5.88. The van der Waals surface area contributed by atoms with Crippen LogP contribution in [0, 0.1) is 19.7 Å². The number of nitrogens with zero attached hydrogens (tertiary/aromatic N) is 9. The van der Waals surface area contributed by atoms with Gasteiger partial charge in [0.2, 0.25) is 11.9 Å². The number of anilines is 3. The zero-order chi connectivity index (χ0) is 29.5. The van der Waals surface area contributed by atoms with Gasteiger partial charge in [-0.2, -0.15) is 0 Å². The van der Waals surface area contributed by atoms with Crippen molar-refractivity contribution in [1.29, 1.82) is 0 Å². The smallest absolute Gasteiger partial charge is 0.246 e. The highest BCUT2D eigenvalue weighted by Crippen LogP contribution is 2.34. The Labute approximate surface area is 240 Å². The normalized spacial score (nSPS) is 15.3. The average molecular weight is 569 g/mol. The summed E-state index contributed by atoms with van der Waals surface area (Å²) in [5.41, 5.74) is 3.89. The number of fused-ring (bicyclic) bond motifs is 2. The second kappa shape index (κ2) is 10.7. The molecule has 1 aliphatic rings. The van der Waals surface area contributed by atoms with Crippen LogP contribution in [-0.4, -0.2) is 71.4 Å². The second-order valence-electron chi connectivity index (χ2n) is 10.3. The first-order valence-electron chi connectivity index (χ1n) is 13.4. The molecule has 0 bridgehead atoms. The maximum absolute atomic E-state index is 15.0. The third-order valence-corrected chi connectivity index (χ3v) is 7.42. The molecule has 1 saturated heterocycles. The number of halogens is 1. The van der Waals surface area contributed by atoms with Crippen LogP contribution in [0.5, 0.6) is 11.5 Å². The van der Waals surface area contributed by atoms with Crippen molar-refractivity contribution in [2.24, 2.45) is 7.05 Å². The number of piperazine rings is 1. The minimum absolute atomic E-state index is 0.0142. The van der Waals surface area contributed by atoms with Crippen molar-refractivity contribution in [1.82, 2.24) is 39.8 Å². The van der Waals surface area contributed by atoms with Crippen LogP contribution in [0.1, 0.15) is 18.1 Å². The van der Waals surface area contributed by atoms with Gasteiger partial charge >= 0.3 is 0 Å². The number of aromatic nitrogens is 7. The van der Waals surface area contributed by atoms with Crippen LogP contribution < -0.4 is 15.0 Å². The molecule has 1 amide bonds. The van der Waals surface area contributed by atoms with Gasteiger partial charge in [0.25, 0.3) is 0 Å². The molecule has 3 aromatic heterocycles. The number of aryl methyl sites for hydroxylation is 2. The third-order valence-electron chi connectivity index (χ3n) is 7.42. The Bertz CT molecular complexity index is 1860. The lowest BCUT2D eigenvalue weighted by Gasteiger charge is -2.39. The maximum atomic E-state index is 15.0. The van der Waals surface area contributed by atoms with E-state index >= 15 is 0 Å². The molecule has 12 nitrogen and oxygen atoms in total. The molecular formula is C29H29FN10O2. The monoisotopic (exact) mass is 568 g/mol. The summed E-state index contributed by atoms with van der Waals surface area (Å²) in [5, 5.41) is 11.3. The Morgan fingerprint density at radius 1 is 1.14 bits per heavy atom. The Kier molecular flexibility index (Phi) is 6.85. The van der Waals surface area contributed by atoms with Crippen molar-refractivity contribution in [2.45, 2.75) is 26.8 Å². The lowest BCUT2D eigenvalue weighted by molar-refractivity contribution is -0.128. The van der Waals surface area contributed by atoms with Crippen LogP contribution in [0.2, 0.25) is 0 Å². The number of hydrogen-bond acceptors (Lipinski definition) is 10. The predicted octanol–water partition coefficient (Wildman–Crippen LogP) is 4.22. The first-order chi connectivity index (χ1) is 20.2. The Morgan fingerprint density at radius 2 is 1.98 bits per heavy atom. The molecule has 13 heteroatoms. The summed E-state index contributed by atoms with van der Waals surface area (Å²) in [6.45, 7) is 10.9. The molecule has 6 rings (SSSR count). The van der Waals surface area contributed by atoms with Gasteiger partial charge in [0.05, 0.1) is 6.20 Å². The standard InChI is InChI=1S/C29H29FN10O2/c1-6-24(41)40-10-9-39(14-17(40)3)29-31-13-21-26(35-29)28(33-15-32-21)34-19-7-8-22(16(2)11-19)42-23-12-20-27(25(30)18(23)4)38(5)37-36-20/h6-8,11-13,15,17H,1,9-10,14H2,2-5H3,(H,32,33,34)/t17-/m1/s1. The molecule has 0 spiro atoms. The van der Waals surface area contributed by atoms with Crippen LogP contribution in [0.25, 0.3) is 22.1 Å². The zero-order valence-electron chi connectivity index (χ0n) is 23.7. The summed E-state index contributed by atoms with van der Waals surface area (Å²) >= 11 is 0. The van der Waals surface area contributed by atoms with Crippen LogP contribution >= 0.6 is 0 Å². The van der Waals surface area contributed by atoms with Gasteiger partial charge in [-0.25, -0.2) is 29.0 Å². The van der Waals surface area contributed by atoms with Crippen LogP contribution in [0.15, 0.2) is 49.4 Å². The minimum Gasteiger partial charge on any atom is -0.457 e. The number of carbonyl (C=O) groups is 1. The van der Waals surface area contributed by atoms with Crippen molar-refractivity contribution in [3.63, 3.8) is 0 Å². The number of amides is 1. The zero-order valence-corrected chi connectivity index (χ0v) is 23.7. The summed E-state index contributed by atoms with van der Waals surface area (Å²) in [7, 11) is 1.65. The number of benzene rings is 2. The summed E-state index contributed by atoms with van der Waals surface area (Å²) in [6, 6.07) is 7.25. The molecule has 5 aromatic rings. The fourth-order valence-corrected chi connectivity index (χ4v) is 5.12. The van der Waals surface area contributed by atoms with Crippen LogP contribution in [0.3, 0.4) is 0 Å². The van der Waals surface area contributed by atoms with Crippen LogP contribution in [-0.2, 0) is 11.8 Å². The minimum atomic E-state index is -0.412. The lowest BCUT2D eigenvalue weighted by Crippen LogP contribution is -2.54. The number of hydrogen-bond donors (Lipinski definition) is 1. The van der Waals surface area contributed by atoms with E-state index in [-0.39, 0.29) is 11.9 Å². The number of ether oxygens (including phenoxy) is 1. The summed E-state index contributed by atoms with van der Waals surface area (Å²) in [5.74, 6) is 1.52. The number of carbonyl (C=O) groups excluding carboxylic acids is 1. The van der Waals surface area contributed by atoms with Gasteiger partial charge in [-0.15, -0.1) is 5.10 Å². The Morgan fingerprint density at radius 3 is 2.74 bits per heavy atom. The Hall–Kier alpha value is -5.20. The number of nitrogens with one attached hydrogen (secondary N) is 1. The fourth-order valence-electron chi connectivity index (χ4n) is 5.12. The van der Waals surface area contributed by atoms with Gasteiger partial charge in [0, 0.05) is 50.0 Å². The van der Waals surface area contributed by atoms with E-state index in [1.165, 1.54) is 17.1 Å². The molecule has 42 heavy (non-hydrogen) atoms. The first-order valence-corrected chi connectivity index (χ1v) is 13.4. The highest BCUT2D eigenvalue weighted by Gasteiger charge is 2.27. The van der Waals surface area contributed by atoms with Crippen molar-refractivity contribution in [2.75, 3.05) is 29.9 Å². The molecule has 0 aliphatic carbocycles. The topological polar surface area (TPSA) is 127 Å². The van der Waals surface area contributed by atoms with Gasteiger partial charge in [0.15, 0.2) is 11.6 Å². The average Bonchev–Trinajstić information content (AvgIpc) is 3.36. The number of rotatable bonds is 6. The highest BCUT2D eigenvalue weighted by atomic mass is 19.1. The van der Waals surface area contributed by atoms with E-state index in [1.807, 2.05) is 36.9 Å². The fraction of sp³-hybridized carbons (Fsp3) is 0.276. The van der Waals surface area contributed by atoms with Gasteiger partial charge in [-0.3, -0.25) is 4.79 Å². The quantitative estimate of drug-likeness (QED) is 0.298. The van der Waals surface area contributed by atoms with E-state index in [9.17, 15) is 9.18 Å². The third kappa shape index (κ3) is 4.82. The molecule has 1 fully saturated rings. The van der Waals surface area contributed by atoms with Gasteiger partial charge in [0.1, 0.15) is 39.9 Å². The molecule has 0 saturated carbocycles. The summed E-state index contributed by atoms with van der Waals surface area (Å²) in [6.07, 6.45) is 4.47. The van der Waals surface area contributed by atoms with Crippen molar-refractivity contribution < 1.29 is 13.9 Å². The van der Waals surface area contributed by atoms with Crippen molar-refractivity contribution >= 4 is 45.4 Å². The molecule has 1 N–H and O–H groups in total. The SMILES string of the molecule is C=CC(=O)N1CCN(c2ncc3ncnc(Nc4ccc(Oc5cc6nnn(C)c6c(F)c5C)c(C)c4)c3n2)C[C@H]1C. The maximum Gasteiger partial charge on any atom is 0.246 e. The largest absolute Gasteiger partial charge is 0.457 e. The first kappa shape index (κ1) is 27.0. The van der Waals surface area contributed by atoms with Gasteiger partial charge in [-0.05, 0) is 50.6 Å². The van der Waals surface area contributed by atoms with E-state index < -0.39 is 5.82 Å². The van der Waals surface area contributed by atoms with Gasteiger partial charge in [-0.1, -0.05) is 11.8 Å². The van der Waals surface area contributed by atoms with Gasteiger partial charge < -0.3 is 19.9 Å². The van der Waals surface area contributed by atoms with Crippen molar-refractivity contribution in [3.05, 3.63) is 66.4 Å². The van der Waals surface area contributed by atoms with Crippen molar-refractivity contribution in [3.8, 4) is 11.5 Å². The summed E-state index contributed by atoms with van der Waals surface area (Å²) < 4.78 is 22.5. The molecular weight excluding hydrogens is 539 g/mol. The molecule has 4 heterocycles. The Balaban J connectivity index is 1.24. The molecule has 214 valence electrons. The van der Waals surface area contributed by atoms with Crippen LogP contribution in [0.4, 0.5) is 21.8 Å². The molecule has 0 unspecified atom stereocenters. The second-order valence-corrected chi connectivity index (χ2v) is 10.3. The molecule has 1 atom stereocenters. The molecule has 2 aromatic carbocycles. The van der Waals surface area contributed by atoms with E-state index in [0.29, 0.717) is 70.5 Å². The molecule has 0 radical (unpaired) electrons. The predicted molar refractivity (Wildman–Crippen MR) is 156 cm³/mol. The van der Waals surface area contributed by atoms with E-state index in [4.69, 9.17) is 9.72 Å². The lowest BCUT2D eigenvalue weighted by atomic mass is 10.1. The molecule has 1 aliphatic heterocycles.